The molecule has 6 heteroatoms. The molecule has 1 atom stereocenters. The fraction of sp³-hybridized carbons (Fsp3) is 0.562. The predicted molar refractivity (Wildman–Crippen MR) is 88.5 cm³/mol. The molecular formula is C16H24ClN3O2. The summed E-state index contributed by atoms with van der Waals surface area (Å²) in [5, 5.41) is 3.59. The van der Waals surface area contributed by atoms with Crippen LogP contribution in [0.3, 0.4) is 0 Å². The Labute approximate surface area is 137 Å². The molecule has 1 heterocycles. The second-order valence-corrected chi connectivity index (χ2v) is 6.41. The largest absolute Gasteiger partial charge is 0.496 e. The standard InChI is InChI=1S/C16H24ClN3O2/c1-19(2)10-12-6-7-20(11-12)16(21)18-9-13-8-14(17)4-5-15(13)22-3/h4-5,8,12H,6-7,9-11H2,1-3H3,(H,18,21). The molecule has 22 heavy (non-hydrogen) atoms. The number of carbonyl (C=O) groups excluding carboxylic acids is 1. The van der Waals surface area contributed by atoms with E-state index in [0.717, 1.165) is 37.4 Å². The smallest absolute Gasteiger partial charge is 0.317 e. The molecule has 1 aliphatic heterocycles. The van der Waals surface area contributed by atoms with Gasteiger partial charge in [0.2, 0.25) is 0 Å². The normalized spacial score (nSPS) is 17.9. The molecule has 122 valence electrons. The molecule has 0 aliphatic carbocycles. The average molecular weight is 326 g/mol. The molecule has 0 saturated carbocycles. The maximum atomic E-state index is 12.3. The summed E-state index contributed by atoms with van der Waals surface area (Å²) in [4.78, 5) is 16.3. The molecular weight excluding hydrogens is 302 g/mol. The third kappa shape index (κ3) is 4.52. The highest BCUT2D eigenvalue weighted by atomic mass is 35.5. The molecule has 1 saturated heterocycles. The molecule has 1 fully saturated rings. The van der Waals surface area contributed by atoms with Crippen LogP contribution < -0.4 is 10.1 Å². The summed E-state index contributed by atoms with van der Waals surface area (Å²) in [5.74, 6) is 1.29. The second kappa shape index (κ2) is 7.70. The third-order valence-corrected chi connectivity index (χ3v) is 4.10. The number of urea groups is 1. The topological polar surface area (TPSA) is 44.8 Å². The van der Waals surface area contributed by atoms with Gasteiger partial charge in [-0.15, -0.1) is 0 Å². The lowest BCUT2D eigenvalue weighted by atomic mass is 10.1. The SMILES string of the molecule is COc1ccc(Cl)cc1CNC(=O)N1CCC(CN(C)C)C1. The highest BCUT2D eigenvalue weighted by Crippen LogP contribution is 2.23. The van der Waals surface area contributed by atoms with Gasteiger partial charge < -0.3 is 19.9 Å². The Balaban J connectivity index is 1.87. The van der Waals surface area contributed by atoms with Gasteiger partial charge in [0.25, 0.3) is 0 Å². The first kappa shape index (κ1) is 16.9. The van der Waals surface area contributed by atoms with E-state index in [4.69, 9.17) is 16.3 Å². The number of nitrogens with one attached hydrogen (secondary N) is 1. The van der Waals surface area contributed by atoms with Crippen molar-refractivity contribution in [2.75, 3.05) is 40.8 Å². The summed E-state index contributed by atoms with van der Waals surface area (Å²) in [7, 11) is 5.74. The van der Waals surface area contributed by atoms with Gasteiger partial charge >= 0.3 is 6.03 Å². The van der Waals surface area contributed by atoms with E-state index in [1.54, 1.807) is 13.2 Å². The first-order chi connectivity index (χ1) is 10.5. The number of amides is 2. The molecule has 0 bridgehead atoms. The summed E-state index contributed by atoms with van der Waals surface area (Å²) in [6, 6.07) is 5.38. The van der Waals surface area contributed by atoms with Gasteiger partial charge in [0.15, 0.2) is 0 Å². The van der Waals surface area contributed by atoms with Crippen molar-refractivity contribution in [1.82, 2.24) is 15.1 Å². The number of carbonyl (C=O) groups is 1. The molecule has 1 aromatic rings. The van der Waals surface area contributed by atoms with E-state index in [-0.39, 0.29) is 6.03 Å². The molecule has 0 spiro atoms. The molecule has 1 aliphatic rings. The lowest BCUT2D eigenvalue weighted by Crippen LogP contribution is -2.38. The highest BCUT2D eigenvalue weighted by molar-refractivity contribution is 6.30. The number of ether oxygens (including phenoxy) is 1. The van der Waals surface area contributed by atoms with Gasteiger partial charge in [-0.25, -0.2) is 4.79 Å². The molecule has 2 amide bonds. The Bertz CT molecular complexity index is 522. The summed E-state index contributed by atoms with van der Waals surface area (Å²) >= 11 is 6.00. The number of nitrogens with zero attached hydrogens (tertiary/aromatic N) is 2. The van der Waals surface area contributed by atoms with Gasteiger partial charge in [-0.2, -0.15) is 0 Å². The Morgan fingerprint density at radius 1 is 1.50 bits per heavy atom. The first-order valence-corrected chi connectivity index (χ1v) is 7.87. The van der Waals surface area contributed by atoms with E-state index in [1.165, 1.54) is 0 Å². The van der Waals surface area contributed by atoms with Crippen molar-refractivity contribution >= 4 is 17.6 Å². The van der Waals surface area contributed by atoms with E-state index < -0.39 is 0 Å². The van der Waals surface area contributed by atoms with Crippen molar-refractivity contribution in [2.45, 2.75) is 13.0 Å². The molecule has 5 nitrogen and oxygen atoms in total. The van der Waals surface area contributed by atoms with Crippen LogP contribution in [0.15, 0.2) is 18.2 Å². The zero-order chi connectivity index (χ0) is 16.1. The van der Waals surface area contributed by atoms with E-state index >= 15 is 0 Å². The van der Waals surface area contributed by atoms with Gasteiger partial charge in [-0.05, 0) is 44.6 Å². The quantitative estimate of drug-likeness (QED) is 0.904. The summed E-state index contributed by atoms with van der Waals surface area (Å²) in [6.45, 7) is 3.07. The summed E-state index contributed by atoms with van der Waals surface area (Å²) < 4.78 is 5.29. The minimum absolute atomic E-state index is 0.0247. The Morgan fingerprint density at radius 3 is 2.95 bits per heavy atom. The first-order valence-electron chi connectivity index (χ1n) is 7.49. The van der Waals surface area contributed by atoms with Crippen LogP contribution in [0.2, 0.25) is 5.02 Å². The summed E-state index contributed by atoms with van der Waals surface area (Å²) in [6.07, 6.45) is 1.06. The average Bonchev–Trinajstić information content (AvgIpc) is 2.92. The number of halogens is 1. The Hall–Kier alpha value is -1.46. The summed E-state index contributed by atoms with van der Waals surface area (Å²) in [5.41, 5.74) is 0.882. The van der Waals surface area contributed by atoms with Crippen molar-refractivity contribution in [3.05, 3.63) is 28.8 Å². The lowest BCUT2D eigenvalue weighted by Gasteiger charge is -2.19. The fourth-order valence-corrected chi connectivity index (χ4v) is 3.05. The fourth-order valence-electron chi connectivity index (χ4n) is 2.85. The van der Waals surface area contributed by atoms with Crippen molar-refractivity contribution < 1.29 is 9.53 Å². The number of hydrogen-bond acceptors (Lipinski definition) is 3. The van der Waals surface area contributed by atoms with Crippen LogP contribution in [0.1, 0.15) is 12.0 Å². The predicted octanol–water partition coefficient (Wildman–Crippen LogP) is 2.44. The van der Waals surface area contributed by atoms with E-state index in [0.29, 0.717) is 17.5 Å². The van der Waals surface area contributed by atoms with Gasteiger partial charge in [0.1, 0.15) is 5.75 Å². The van der Waals surface area contributed by atoms with E-state index in [1.807, 2.05) is 17.0 Å². The molecule has 0 aromatic heterocycles. The van der Waals surface area contributed by atoms with Crippen LogP contribution in [0.25, 0.3) is 0 Å². The van der Waals surface area contributed by atoms with Crippen LogP contribution in [-0.4, -0.2) is 56.7 Å². The zero-order valence-corrected chi connectivity index (χ0v) is 14.2. The third-order valence-electron chi connectivity index (χ3n) is 3.87. The van der Waals surface area contributed by atoms with Crippen molar-refractivity contribution in [3.8, 4) is 5.75 Å². The minimum atomic E-state index is -0.0247. The number of likely N-dealkylation sites (tertiary alicyclic amines) is 1. The maximum Gasteiger partial charge on any atom is 0.317 e. The lowest BCUT2D eigenvalue weighted by molar-refractivity contribution is 0.205. The molecule has 0 radical (unpaired) electrons. The molecule has 1 unspecified atom stereocenters. The molecule has 2 rings (SSSR count). The van der Waals surface area contributed by atoms with Crippen LogP contribution >= 0.6 is 11.6 Å². The van der Waals surface area contributed by atoms with Gasteiger partial charge in [0, 0.05) is 36.8 Å². The highest BCUT2D eigenvalue weighted by Gasteiger charge is 2.26. The second-order valence-electron chi connectivity index (χ2n) is 5.98. The van der Waals surface area contributed by atoms with Gasteiger partial charge in [-0.3, -0.25) is 0 Å². The number of benzene rings is 1. The number of methoxy groups -OCH3 is 1. The Kier molecular flexibility index (Phi) is 5.91. The van der Waals surface area contributed by atoms with Gasteiger partial charge in [0.05, 0.1) is 7.11 Å². The minimum Gasteiger partial charge on any atom is -0.496 e. The monoisotopic (exact) mass is 325 g/mol. The van der Waals surface area contributed by atoms with Crippen LogP contribution in [-0.2, 0) is 6.54 Å². The van der Waals surface area contributed by atoms with Gasteiger partial charge in [-0.1, -0.05) is 11.6 Å². The van der Waals surface area contributed by atoms with Crippen molar-refractivity contribution in [2.24, 2.45) is 5.92 Å². The van der Waals surface area contributed by atoms with Crippen LogP contribution in [0, 0.1) is 5.92 Å². The van der Waals surface area contributed by atoms with Crippen LogP contribution in [0.5, 0.6) is 5.75 Å². The van der Waals surface area contributed by atoms with Crippen molar-refractivity contribution in [1.29, 1.82) is 0 Å². The van der Waals surface area contributed by atoms with E-state index in [2.05, 4.69) is 24.3 Å². The molecule has 1 N–H and O–H groups in total. The van der Waals surface area contributed by atoms with Crippen LogP contribution in [0.4, 0.5) is 4.79 Å². The number of hydrogen-bond donors (Lipinski definition) is 1. The maximum absolute atomic E-state index is 12.3. The van der Waals surface area contributed by atoms with E-state index in [9.17, 15) is 4.79 Å². The molecule has 1 aromatic carbocycles. The van der Waals surface area contributed by atoms with Crippen molar-refractivity contribution in [3.63, 3.8) is 0 Å². The Morgan fingerprint density at radius 2 is 2.27 bits per heavy atom. The number of rotatable bonds is 5. The zero-order valence-electron chi connectivity index (χ0n) is 13.4.